The second-order valence-corrected chi connectivity index (χ2v) is 5.51. The Labute approximate surface area is 127 Å². The molecule has 7 heteroatoms. The van der Waals surface area contributed by atoms with Gasteiger partial charge < -0.3 is 4.90 Å². The van der Waals surface area contributed by atoms with Gasteiger partial charge in [-0.2, -0.15) is 0 Å². The van der Waals surface area contributed by atoms with E-state index in [9.17, 15) is 4.79 Å². The van der Waals surface area contributed by atoms with Crippen LogP contribution in [0.2, 0.25) is 5.02 Å². The van der Waals surface area contributed by atoms with Gasteiger partial charge in [0.1, 0.15) is 12.7 Å². The molecular formula is C14H16ClN5O. The predicted molar refractivity (Wildman–Crippen MR) is 78.5 cm³/mol. The van der Waals surface area contributed by atoms with E-state index in [0.717, 1.165) is 25.9 Å². The van der Waals surface area contributed by atoms with Gasteiger partial charge in [0.25, 0.3) is 5.91 Å². The molecule has 2 aromatic rings. The van der Waals surface area contributed by atoms with Crippen molar-refractivity contribution in [1.82, 2.24) is 24.6 Å². The van der Waals surface area contributed by atoms with E-state index in [0.29, 0.717) is 16.4 Å². The number of likely N-dealkylation sites (tertiary alicyclic amines) is 1. The molecule has 1 amide bonds. The maximum Gasteiger partial charge on any atom is 0.255 e. The Morgan fingerprint density at radius 1 is 1.10 bits per heavy atom. The molecule has 0 aliphatic carbocycles. The number of rotatable bonds is 2. The number of nitrogens with zero attached hydrogens (tertiary/aromatic N) is 5. The molecule has 0 radical (unpaired) electrons. The Morgan fingerprint density at radius 2 is 1.76 bits per heavy atom. The summed E-state index contributed by atoms with van der Waals surface area (Å²) >= 11 is 6.23. The maximum atomic E-state index is 12.5. The van der Waals surface area contributed by atoms with E-state index in [4.69, 9.17) is 11.6 Å². The predicted octanol–water partition coefficient (Wildman–Crippen LogP) is 2.33. The van der Waals surface area contributed by atoms with Gasteiger partial charge in [0.15, 0.2) is 5.82 Å². The van der Waals surface area contributed by atoms with Gasteiger partial charge in [-0.1, -0.05) is 24.4 Å². The topological polar surface area (TPSA) is 63.9 Å². The van der Waals surface area contributed by atoms with Crippen molar-refractivity contribution in [2.45, 2.75) is 25.7 Å². The van der Waals surface area contributed by atoms with Crippen LogP contribution < -0.4 is 0 Å². The molecule has 3 rings (SSSR count). The molecule has 1 saturated heterocycles. The van der Waals surface area contributed by atoms with Crippen molar-refractivity contribution >= 4 is 17.5 Å². The van der Waals surface area contributed by atoms with Crippen LogP contribution in [0.5, 0.6) is 0 Å². The molecule has 110 valence electrons. The minimum atomic E-state index is 0.00149. The van der Waals surface area contributed by atoms with Gasteiger partial charge in [0.2, 0.25) is 0 Å². The van der Waals surface area contributed by atoms with Gasteiger partial charge in [-0.15, -0.1) is 10.2 Å². The number of hydrogen-bond donors (Lipinski definition) is 0. The summed E-state index contributed by atoms with van der Waals surface area (Å²) in [6.45, 7) is 1.62. The van der Waals surface area contributed by atoms with E-state index in [1.54, 1.807) is 16.8 Å². The summed E-state index contributed by atoms with van der Waals surface area (Å²) in [5.41, 5.74) is 0.527. The van der Waals surface area contributed by atoms with E-state index in [1.165, 1.54) is 25.5 Å². The number of pyridine rings is 1. The summed E-state index contributed by atoms with van der Waals surface area (Å²) in [5, 5.41) is 7.85. The third-order valence-electron chi connectivity index (χ3n) is 3.63. The summed E-state index contributed by atoms with van der Waals surface area (Å²) < 4.78 is 1.61. The highest BCUT2D eigenvalue weighted by Crippen LogP contribution is 2.20. The van der Waals surface area contributed by atoms with Gasteiger partial charge >= 0.3 is 0 Å². The second kappa shape index (κ2) is 6.22. The monoisotopic (exact) mass is 305 g/mol. The first-order chi connectivity index (χ1) is 10.3. The molecule has 21 heavy (non-hydrogen) atoms. The number of amides is 1. The zero-order valence-corrected chi connectivity index (χ0v) is 12.3. The quantitative estimate of drug-likeness (QED) is 0.854. The van der Waals surface area contributed by atoms with E-state index >= 15 is 0 Å². The molecule has 1 fully saturated rings. The van der Waals surface area contributed by atoms with Crippen molar-refractivity contribution in [3.63, 3.8) is 0 Å². The molecule has 0 N–H and O–H groups in total. The molecular weight excluding hydrogens is 290 g/mol. The largest absolute Gasteiger partial charge is 0.339 e. The Balaban J connectivity index is 1.82. The molecule has 2 aromatic heterocycles. The normalized spacial score (nSPS) is 15.8. The number of hydrogen-bond acceptors (Lipinski definition) is 4. The lowest BCUT2D eigenvalue weighted by Gasteiger charge is -2.20. The average Bonchev–Trinajstić information content (AvgIpc) is 2.88. The highest BCUT2D eigenvalue weighted by atomic mass is 35.5. The SMILES string of the molecule is O=C(c1cnc(-n2cnnc2)c(Cl)c1)N1CCCCCC1. The molecule has 0 aromatic carbocycles. The Kier molecular flexibility index (Phi) is 4.15. The summed E-state index contributed by atoms with van der Waals surface area (Å²) in [6.07, 6.45) is 9.10. The van der Waals surface area contributed by atoms with Gasteiger partial charge in [-0.25, -0.2) is 4.98 Å². The molecule has 0 atom stereocenters. The fraction of sp³-hybridized carbons (Fsp3) is 0.429. The number of halogens is 1. The van der Waals surface area contributed by atoms with Crippen molar-refractivity contribution in [3.8, 4) is 5.82 Å². The van der Waals surface area contributed by atoms with Gasteiger partial charge in [0.05, 0.1) is 10.6 Å². The maximum absolute atomic E-state index is 12.5. The van der Waals surface area contributed by atoms with Crippen molar-refractivity contribution in [1.29, 1.82) is 0 Å². The number of carbonyl (C=O) groups is 1. The summed E-state index contributed by atoms with van der Waals surface area (Å²) in [6, 6.07) is 1.66. The Bertz CT molecular complexity index is 620. The summed E-state index contributed by atoms with van der Waals surface area (Å²) in [7, 11) is 0. The van der Waals surface area contributed by atoms with Crippen LogP contribution in [-0.4, -0.2) is 43.6 Å². The average molecular weight is 306 g/mol. The molecule has 6 nitrogen and oxygen atoms in total. The first-order valence-corrected chi connectivity index (χ1v) is 7.43. The molecule has 0 saturated carbocycles. The lowest BCUT2D eigenvalue weighted by atomic mass is 10.2. The minimum absolute atomic E-state index is 0.00149. The van der Waals surface area contributed by atoms with Crippen molar-refractivity contribution < 1.29 is 4.79 Å². The van der Waals surface area contributed by atoms with Crippen LogP contribution in [-0.2, 0) is 0 Å². The molecule has 1 aliphatic rings. The fourth-order valence-corrected chi connectivity index (χ4v) is 2.77. The smallest absolute Gasteiger partial charge is 0.255 e. The number of aromatic nitrogens is 4. The highest BCUT2D eigenvalue weighted by molar-refractivity contribution is 6.32. The molecule has 0 unspecified atom stereocenters. The van der Waals surface area contributed by atoms with Crippen molar-refractivity contribution in [3.05, 3.63) is 35.5 Å². The van der Waals surface area contributed by atoms with Crippen molar-refractivity contribution in [2.24, 2.45) is 0 Å². The minimum Gasteiger partial charge on any atom is -0.339 e. The van der Waals surface area contributed by atoms with Gasteiger partial charge in [-0.05, 0) is 18.9 Å². The highest BCUT2D eigenvalue weighted by Gasteiger charge is 2.19. The zero-order chi connectivity index (χ0) is 14.7. The van der Waals surface area contributed by atoms with E-state index in [2.05, 4.69) is 15.2 Å². The standard InChI is InChI=1S/C14H16ClN5O/c15-12-7-11(8-16-13(12)20-9-17-18-10-20)14(21)19-5-3-1-2-4-6-19/h7-10H,1-6H2. The van der Waals surface area contributed by atoms with Crippen LogP contribution in [0.25, 0.3) is 5.82 Å². The first kappa shape index (κ1) is 14.0. The van der Waals surface area contributed by atoms with Crippen molar-refractivity contribution in [2.75, 3.05) is 13.1 Å². The fourth-order valence-electron chi connectivity index (χ4n) is 2.50. The van der Waals surface area contributed by atoms with Crippen LogP contribution in [0.4, 0.5) is 0 Å². The lowest BCUT2D eigenvalue weighted by molar-refractivity contribution is 0.0761. The van der Waals surface area contributed by atoms with Crippen LogP contribution in [0, 0.1) is 0 Å². The zero-order valence-electron chi connectivity index (χ0n) is 11.6. The lowest BCUT2D eigenvalue weighted by Crippen LogP contribution is -2.31. The second-order valence-electron chi connectivity index (χ2n) is 5.10. The Hall–Kier alpha value is -1.95. The third kappa shape index (κ3) is 3.05. The number of carbonyl (C=O) groups excluding carboxylic acids is 1. The van der Waals surface area contributed by atoms with E-state index < -0.39 is 0 Å². The van der Waals surface area contributed by atoms with Gasteiger partial charge in [0, 0.05) is 19.3 Å². The molecule has 0 bridgehead atoms. The summed E-state index contributed by atoms with van der Waals surface area (Å²) in [4.78, 5) is 18.6. The van der Waals surface area contributed by atoms with Crippen LogP contribution in [0.3, 0.4) is 0 Å². The van der Waals surface area contributed by atoms with E-state index in [1.807, 2.05) is 4.90 Å². The molecule has 1 aliphatic heterocycles. The van der Waals surface area contributed by atoms with E-state index in [-0.39, 0.29) is 5.91 Å². The molecule has 0 spiro atoms. The summed E-state index contributed by atoms with van der Waals surface area (Å²) in [5.74, 6) is 0.524. The van der Waals surface area contributed by atoms with Crippen LogP contribution >= 0.6 is 11.6 Å². The third-order valence-corrected chi connectivity index (χ3v) is 3.90. The molecule has 3 heterocycles. The van der Waals surface area contributed by atoms with Crippen LogP contribution in [0.15, 0.2) is 24.9 Å². The first-order valence-electron chi connectivity index (χ1n) is 7.05. The Morgan fingerprint density at radius 3 is 2.38 bits per heavy atom. The van der Waals surface area contributed by atoms with Crippen LogP contribution in [0.1, 0.15) is 36.0 Å². The van der Waals surface area contributed by atoms with Gasteiger partial charge in [-0.3, -0.25) is 9.36 Å².